The van der Waals surface area contributed by atoms with Gasteiger partial charge in [-0.3, -0.25) is 14.6 Å². The fourth-order valence-electron chi connectivity index (χ4n) is 1.51. The Morgan fingerprint density at radius 2 is 1.95 bits per heavy atom. The molecule has 2 N–H and O–H groups in total. The third kappa shape index (κ3) is 3.67. The van der Waals surface area contributed by atoms with Crippen LogP contribution in [0.2, 0.25) is 0 Å². The molecule has 0 atom stereocenters. The Kier molecular flexibility index (Phi) is 3.92. The highest BCUT2D eigenvalue weighted by molar-refractivity contribution is 5.91. The summed E-state index contributed by atoms with van der Waals surface area (Å²) in [6.45, 7) is 0.357. The van der Waals surface area contributed by atoms with Crippen molar-refractivity contribution in [3.05, 3.63) is 53.7 Å². The predicted octanol–water partition coefficient (Wildman–Crippen LogP) is 1.23. The minimum atomic E-state index is -1.00. The monoisotopic (exact) mass is 260 g/mol. The van der Waals surface area contributed by atoms with Gasteiger partial charge in [0.2, 0.25) is 0 Å². The van der Waals surface area contributed by atoms with Crippen molar-refractivity contribution in [3.63, 3.8) is 0 Å². The van der Waals surface area contributed by atoms with Crippen LogP contribution in [0.3, 0.4) is 0 Å². The molecule has 0 aliphatic carbocycles. The number of hydrogen-bond acceptors (Lipinski definition) is 4. The SMILES string of the molecule is O=C(O)Cc1ccc(C(=O)NCc2ccncc2)o1. The van der Waals surface area contributed by atoms with E-state index >= 15 is 0 Å². The van der Waals surface area contributed by atoms with Crippen LogP contribution in [-0.2, 0) is 17.8 Å². The first-order valence-electron chi connectivity index (χ1n) is 5.63. The van der Waals surface area contributed by atoms with Crippen LogP contribution in [0.5, 0.6) is 0 Å². The molecule has 0 saturated carbocycles. The molecule has 0 fully saturated rings. The molecule has 2 heterocycles. The lowest BCUT2D eigenvalue weighted by Gasteiger charge is -2.02. The van der Waals surface area contributed by atoms with Crippen molar-refractivity contribution < 1.29 is 19.1 Å². The minimum absolute atomic E-state index is 0.102. The van der Waals surface area contributed by atoms with Gasteiger partial charge in [0.1, 0.15) is 12.2 Å². The standard InChI is InChI=1S/C13H12N2O4/c16-12(17)7-10-1-2-11(19-10)13(18)15-8-9-3-5-14-6-4-9/h1-6H,7-8H2,(H,15,18)(H,16,17). The van der Waals surface area contributed by atoms with Crippen LogP contribution in [0.15, 0.2) is 41.1 Å². The van der Waals surface area contributed by atoms with Crippen molar-refractivity contribution in [2.24, 2.45) is 0 Å². The highest BCUT2D eigenvalue weighted by Crippen LogP contribution is 2.09. The Morgan fingerprint density at radius 3 is 2.63 bits per heavy atom. The molecule has 1 amide bonds. The van der Waals surface area contributed by atoms with Crippen LogP contribution in [0.1, 0.15) is 21.9 Å². The maximum absolute atomic E-state index is 11.7. The molecule has 2 aromatic rings. The summed E-state index contributed by atoms with van der Waals surface area (Å²) in [5.74, 6) is -1.03. The van der Waals surface area contributed by atoms with Crippen molar-refractivity contribution in [3.8, 4) is 0 Å². The number of carbonyl (C=O) groups excluding carboxylic acids is 1. The van der Waals surface area contributed by atoms with Crippen LogP contribution in [0, 0.1) is 0 Å². The largest absolute Gasteiger partial charge is 0.481 e. The van der Waals surface area contributed by atoms with Gasteiger partial charge in [0.25, 0.3) is 5.91 Å². The number of hydrogen-bond donors (Lipinski definition) is 2. The molecule has 6 nitrogen and oxygen atoms in total. The van der Waals surface area contributed by atoms with Crippen molar-refractivity contribution in [1.82, 2.24) is 10.3 Å². The average molecular weight is 260 g/mol. The number of pyridine rings is 1. The van der Waals surface area contributed by atoms with Crippen molar-refractivity contribution in [2.45, 2.75) is 13.0 Å². The van der Waals surface area contributed by atoms with Crippen molar-refractivity contribution in [1.29, 1.82) is 0 Å². The molecule has 0 aliphatic rings. The number of carboxylic acid groups (broad SMARTS) is 1. The number of nitrogens with one attached hydrogen (secondary N) is 1. The van der Waals surface area contributed by atoms with Gasteiger partial charge in [-0.1, -0.05) is 0 Å². The smallest absolute Gasteiger partial charge is 0.311 e. The molecule has 6 heteroatoms. The highest BCUT2D eigenvalue weighted by Gasteiger charge is 2.12. The zero-order valence-corrected chi connectivity index (χ0v) is 10.00. The number of carbonyl (C=O) groups is 2. The summed E-state index contributed by atoms with van der Waals surface area (Å²) in [7, 11) is 0. The summed E-state index contributed by atoms with van der Waals surface area (Å²) in [5.41, 5.74) is 0.917. The molecule has 0 aromatic carbocycles. The number of aliphatic carboxylic acids is 1. The number of amides is 1. The van der Waals surface area contributed by atoms with E-state index in [4.69, 9.17) is 9.52 Å². The Hall–Kier alpha value is -2.63. The lowest BCUT2D eigenvalue weighted by Crippen LogP contribution is -2.22. The van der Waals surface area contributed by atoms with E-state index in [2.05, 4.69) is 10.3 Å². The average Bonchev–Trinajstić information content (AvgIpc) is 2.85. The van der Waals surface area contributed by atoms with E-state index in [1.165, 1.54) is 12.1 Å². The molecule has 0 unspecified atom stereocenters. The van der Waals surface area contributed by atoms with Gasteiger partial charge in [0.05, 0.1) is 0 Å². The third-order valence-corrected chi connectivity index (χ3v) is 2.41. The van der Waals surface area contributed by atoms with E-state index in [0.717, 1.165) is 5.56 Å². The Bertz CT molecular complexity index is 577. The fourth-order valence-corrected chi connectivity index (χ4v) is 1.51. The second kappa shape index (κ2) is 5.81. The minimum Gasteiger partial charge on any atom is -0.481 e. The molecule has 0 spiro atoms. The Morgan fingerprint density at radius 1 is 1.21 bits per heavy atom. The second-order valence-electron chi connectivity index (χ2n) is 3.87. The van der Waals surface area contributed by atoms with E-state index in [0.29, 0.717) is 6.54 Å². The predicted molar refractivity (Wildman–Crippen MR) is 65.5 cm³/mol. The fraction of sp³-hybridized carbons (Fsp3) is 0.154. The van der Waals surface area contributed by atoms with Crippen molar-refractivity contribution >= 4 is 11.9 Å². The molecule has 2 aromatic heterocycles. The van der Waals surface area contributed by atoms with Crippen molar-refractivity contribution in [2.75, 3.05) is 0 Å². The van der Waals surface area contributed by atoms with Crippen LogP contribution in [-0.4, -0.2) is 22.0 Å². The van der Waals surface area contributed by atoms with E-state index in [1.54, 1.807) is 24.5 Å². The van der Waals surface area contributed by atoms with E-state index in [9.17, 15) is 9.59 Å². The van der Waals surface area contributed by atoms with Crippen LogP contribution >= 0.6 is 0 Å². The normalized spacial score (nSPS) is 10.1. The summed E-state index contributed by atoms with van der Waals surface area (Å²) in [6, 6.07) is 6.52. The highest BCUT2D eigenvalue weighted by atomic mass is 16.4. The summed E-state index contributed by atoms with van der Waals surface area (Å²) < 4.78 is 5.14. The number of aromatic nitrogens is 1. The number of rotatable bonds is 5. The number of furan rings is 1. The van der Waals surface area contributed by atoms with Crippen LogP contribution < -0.4 is 5.32 Å². The summed E-state index contributed by atoms with van der Waals surface area (Å²) >= 11 is 0. The van der Waals surface area contributed by atoms with Gasteiger partial charge in [0, 0.05) is 18.9 Å². The Labute approximate surface area is 109 Å². The molecule has 0 bridgehead atoms. The number of nitrogens with zero attached hydrogens (tertiary/aromatic N) is 1. The summed E-state index contributed by atoms with van der Waals surface area (Å²) in [4.78, 5) is 26.1. The van der Waals surface area contributed by atoms with Gasteiger partial charge in [0.15, 0.2) is 5.76 Å². The molecule has 0 aliphatic heterocycles. The zero-order valence-electron chi connectivity index (χ0n) is 10.00. The van der Waals surface area contributed by atoms with Gasteiger partial charge in [-0.15, -0.1) is 0 Å². The van der Waals surface area contributed by atoms with E-state index < -0.39 is 5.97 Å². The first-order chi connectivity index (χ1) is 9.15. The molecule has 0 saturated heterocycles. The van der Waals surface area contributed by atoms with Gasteiger partial charge in [-0.25, -0.2) is 0 Å². The van der Waals surface area contributed by atoms with Crippen LogP contribution in [0.4, 0.5) is 0 Å². The van der Waals surface area contributed by atoms with Gasteiger partial charge < -0.3 is 14.8 Å². The van der Waals surface area contributed by atoms with E-state index in [1.807, 2.05) is 0 Å². The first-order valence-corrected chi connectivity index (χ1v) is 5.63. The third-order valence-electron chi connectivity index (χ3n) is 2.41. The molecular weight excluding hydrogens is 248 g/mol. The lowest BCUT2D eigenvalue weighted by atomic mass is 10.2. The molecule has 98 valence electrons. The van der Waals surface area contributed by atoms with Crippen LogP contribution in [0.25, 0.3) is 0 Å². The Balaban J connectivity index is 1.93. The first kappa shape index (κ1) is 12.8. The summed E-state index contributed by atoms with van der Waals surface area (Å²) in [5, 5.41) is 11.3. The molecule has 0 radical (unpaired) electrons. The zero-order chi connectivity index (χ0) is 13.7. The quantitative estimate of drug-likeness (QED) is 0.843. The maximum Gasteiger partial charge on any atom is 0.311 e. The molecule has 2 rings (SSSR count). The summed E-state index contributed by atoms with van der Waals surface area (Å²) in [6.07, 6.45) is 3.04. The second-order valence-corrected chi connectivity index (χ2v) is 3.87. The molecule has 19 heavy (non-hydrogen) atoms. The van der Waals surface area contributed by atoms with E-state index in [-0.39, 0.29) is 23.8 Å². The number of carboxylic acids is 1. The molecular formula is C13H12N2O4. The van der Waals surface area contributed by atoms with Gasteiger partial charge in [-0.2, -0.15) is 0 Å². The van der Waals surface area contributed by atoms with Gasteiger partial charge in [-0.05, 0) is 29.8 Å². The maximum atomic E-state index is 11.7. The lowest BCUT2D eigenvalue weighted by molar-refractivity contribution is -0.136. The van der Waals surface area contributed by atoms with Gasteiger partial charge >= 0.3 is 5.97 Å². The topological polar surface area (TPSA) is 92.4 Å².